The first kappa shape index (κ1) is 11.8. The van der Waals surface area contributed by atoms with Crippen molar-refractivity contribution in [3.63, 3.8) is 0 Å². The number of hydrogen-bond donors (Lipinski definition) is 1. The van der Waals surface area contributed by atoms with Crippen LogP contribution in [0.4, 0.5) is 0 Å². The lowest BCUT2D eigenvalue weighted by Gasteiger charge is -2.17. The summed E-state index contributed by atoms with van der Waals surface area (Å²) < 4.78 is 9.88. The Morgan fingerprint density at radius 1 is 1.35 bits per heavy atom. The SMILES string of the molecule is COCC(NCc1ncon1)c1ccccc1. The highest BCUT2D eigenvalue weighted by molar-refractivity contribution is 5.18. The van der Waals surface area contributed by atoms with Crippen molar-refractivity contribution >= 4 is 0 Å². The molecule has 0 spiro atoms. The molecule has 0 aliphatic heterocycles. The van der Waals surface area contributed by atoms with E-state index in [0.717, 1.165) is 0 Å². The van der Waals surface area contributed by atoms with Crippen molar-refractivity contribution in [1.29, 1.82) is 0 Å². The molecule has 0 fully saturated rings. The van der Waals surface area contributed by atoms with Crippen molar-refractivity contribution in [3.05, 3.63) is 48.1 Å². The molecule has 17 heavy (non-hydrogen) atoms. The number of hydrogen-bond acceptors (Lipinski definition) is 5. The maximum Gasteiger partial charge on any atom is 0.213 e. The Bertz CT molecular complexity index is 417. The van der Waals surface area contributed by atoms with Gasteiger partial charge in [0.15, 0.2) is 5.82 Å². The lowest BCUT2D eigenvalue weighted by Crippen LogP contribution is -2.25. The number of benzene rings is 1. The second kappa shape index (κ2) is 6.12. The Labute approximate surface area is 99.8 Å². The highest BCUT2D eigenvalue weighted by Gasteiger charge is 2.11. The second-order valence-corrected chi connectivity index (χ2v) is 3.65. The molecule has 2 aromatic rings. The van der Waals surface area contributed by atoms with Gasteiger partial charge in [-0.05, 0) is 5.56 Å². The average Bonchev–Trinajstić information content (AvgIpc) is 2.88. The third kappa shape index (κ3) is 3.37. The van der Waals surface area contributed by atoms with Gasteiger partial charge in [-0.25, -0.2) is 0 Å². The quantitative estimate of drug-likeness (QED) is 0.820. The van der Waals surface area contributed by atoms with Crippen molar-refractivity contribution in [3.8, 4) is 0 Å². The highest BCUT2D eigenvalue weighted by Crippen LogP contribution is 2.13. The van der Waals surface area contributed by atoms with Crippen LogP contribution in [-0.4, -0.2) is 23.9 Å². The van der Waals surface area contributed by atoms with Crippen LogP contribution in [-0.2, 0) is 11.3 Å². The number of aromatic nitrogens is 2. The Morgan fingerprint density at radius 2 is 2.18 bits per heavy atom. The molecular weight excluding hydrogens is 218 g/mol. The molecule has 1 aromatic heterocycles. The standard InChI is InChI=1S/C12H15N3O2/c1-16-8-11(10-5-3-2-4-6-10)13-7-12-14-9-17-15-12/h2-6,9,11,13H,7-8H2,1H3. The predicted molar refractivity (Wildman–Crippen MR) is 62.2 cm³/mol. The van der Waals surface area contributed by atoms with E-state index < -0.39 is 0 Å². The van der Waals surface area contributed by atoms with Crippen molar-refractivity contribution in [1.82, 2.24) is 15.5 Å². The van der Waals surface area contributed by atoms with Gasteiger partial charge in [0.2, 0.25) is 6.39 Å². The zero-order valence-electron chi connectivity index (χ0n) is 9.67. The first-order valence-corrected chi connectivity index (χ1v) is 5.42. The van der Waals surface area contributed by atoms with E-state index in [2.05, 4.69) is 32.1 Å². The van der Waals surface area contributed by atoms with Crippen LogP contribution in [0.1, 0.15) is 17.4 Å². The summed E-state index contributed by atoms with van der Waals surface area (Å²) in [5, 5.41) is 7.08. The van der Waals surface area contributed by atoms with Gasteiger partial charge >= 0.3 is 0 Å². The minimum atomic E-state index is 0.125. The van der Waals surface area contributed by atoms with E-state index in [0.29, 0.717) is 19.0 Å². The first-order chi connectivity index (χ1) is 8.40. The van der Waals surface area contributed by atoms with E-state index >= 15 is 0 Å². The van der Waals surface area contributed by atoms with Gasteiger partial charge in [-0.15, -0.1) is 0 Å². The number of nitrogens with one attached hydrogen (secondary N) is 1. The van der Waals surface area contributed by atoms with Crippen LogP contribution in [0.2, 0.25) is 0 Å². The number of methoxy groups -OCH3 is 1. The maximum atomic E-state index is 5.20. The molecule has 1 aromatic carbocycles. The first-order valence-electron chi connectivity index (χ1n) is 5.42. The van der Waals surface area contributed by atoms with Crippen LogP contribution in [0.5, 0.6) is 0 Å². The Morgan fingerprint density at radius 3 is 2.82 bits per heavy atom. The molecule has 1 heterocycles. The third-order valence-corrected chi connectivity index (χ3v) is 2.45. The van der Waals surface area contributed by atoms with E-state index in [-0.39, 0.29) is 6.04 Å². The fourth-order valence-corrected chi connectivity index (χ4v) is 1.61. The van der Waals surface area contributed by atoms with Gasteiger partial charge in [-0.2, -0.15) is 4.98 Å². The molecule has 0 aliphatic carbocycles. The summed E-state index contributed by atoms with van der Waals surface area (Å²) in [4.78, 5) is 3.96. The second-order valence-electron chi connectivity index (χ2n) is 3.65. The molecule has 0 aliphatic rings. The van der Waals surface area contributed by atoms with E-state index in [1.54, 1.807) is 7.11 Å². The summed E-state index contributed by atoms with van der Waals surface area (Å²) in [5.74, 6) is 0.641. The summed E-state index contributed by atoms with van der Waals surface area (Å²) in [5.41, 5.74) is 1.18. The Kier molecular flexibility index (Phi) is 4.23. The van der Waals surface area contributed by atoms with Crippen molar-refractivity contribution < 1.29 is 9.26 Å². The van der Waals surface area contributed by atoms with E-state index in [4.69, 9.17) is 4.74 Å². The number of ether oxygens (including phenoxy) is 1. The monoisotopic (exact) mass is 233 g/mol. The van der Waals surface area contributed by atoms with Gasteiger partial charge < -0.3 is 14.6 Å². The predicted octanol–water partition coefficient (Wildman–Crippen LogP) is 1.55. The van der Waals surface area contributed by atoms with Crippen LogP contribution in [0.25, 0.3) is 0 Å². The molecule has 0 saturated carbocycles. The topological polar surface area (TPSA) is 60.2 Å². The minimum absolute atomic E-state index is 0.125. The van der Waals surface area contributed by atoms with Gasteiger partial charge in [0.25, 0.3) is 0 Å². The van der Waals surface area contributed by atoms with Crippen molar-refractivity contribution in [2.24, 2.45) is 0 Å². The van der Waals surface area contributed by atoms with Gasteiger partial charge in [0, 0.05) is 7.11 Å². The molecule has 5 heteroatoms. The van der Waals surface area contributed by atoms with Gasteiger partial charge in [0.1, 0.15) is 0 Å². The van der Waals surface area contributed by atoms with Gasteiger partial charge in [-0.3, -0.25) is 0 Å². The smallest absolute Gasteiger partial charge is 0.213 e. The number of nitrogens with zero attached hydrogens (tertiary/aromatic N) is 2. The maximum absolute atomic E-state index is 5.20. The lowest BCUT2D eigenvalue weighted by atomic mass is 10.1. The lowest BCUT2D eigenvalue weighted by molar-refractivity contribution is 0.165. The van der Waals surface area contributed by atoms with Crippen LogP contribution in [0.3, 0.4) is 0 Å². The average molecular weight is 233 g/mol. The van der Waals surface area contributed by atoms with E-state index in [9.17, 15) is 0 Å². The molecule has 0 saturated heterocycles. The van der Waals surface area contributed by atoms with Crippen molar-refractivity contribution in [2.75, 3.05) is 13.7 Å². The van der Waals surface area contributed by atoms with E-state index in [1.807, 2.05) is 18.2 Å². The summed E-state index contributed by atoms with van der Waals surface area (Å²) in [6.45, 7) is 1.15. The summed E-state index contributed by atoms with van der Waals surface area (Å²) in [6.07, 6.45) is 1.32. The molecular formula is C12H15N3O2. The van der Waals surface area contributed by atoms with Crippen LogP contribution in [0, 0.1) is 0 Å². The minimum Gasteiger partial charge on any atom is -0.383 e. The van der Waals surface area contributed by atoms with Crippen LogP contribution >= 0.6 is 0 Å². The Balaban J connectivity index is 1.98. The van der Waals surface area contributed by atoms with Crippen molar-refractivity contribution in [2.45, 2.75) is 12.6 Å². The zero-order chi connectivity index (χ0) is 11.9. The van der Waals surface area contributed by atoms with Crippen LogP contribution < -0.4 is 5.32 Å². The summed E-state index contributed by atoms with van der Waals surface area (Å²) in [7, 11) is 1.69. The van der Waals surface area contributed by atoms with E-state index in [1.165, 1.54) is 12.0 Å². The largest absolute Gasteiger partial charge is 0.383 e. The molecule has 90 valence electrons. The van der Waals surface area contributed by atoms with Gasteiger partial charge in [-0.1, -0.05) is 35.5 Å². The molecule has 0 amide bonds. The number of rotatable bonds is 6. The molecule has 0 radical (unpaired) electrons. The molecule has 1 unspecified atom stereocenters. The fourth-order valence-electron chi connectivity index (χ4n) is 1.61. The zero-order valence-corrected chi connectivity index (χ0v) is 9.67. The molecule has 0 bridgehead atoms. The fraction of sp³-hybridized carbons (Fsp3) is 0.333. The third-order valence-electron chi connectivity index (χ3n) is 2.45. The summed E-state index contributed by atoms with van der Waals surface area (Å²) >= 11 is 0. The van der Waals surface area contributed by atoms with Crippen LogP contribution in [0.15, 0.2) is 41.2 Å². The molecule has 1 N–H and O–H groups in total. The summed E-state index contributed by atoms with van der Waals surface area (Å²) in [6, 6.07) is 10.3. The molecule has 2 rings (SSSR count). The molecule has 5 nitrogen and oxygen atoms in total. The Hall–Kier alpha value is -1.72. The normalized spacial score (nSPS) is 12.5. The highest BCUT2D eigenvalue weighted by atomic mass is 16.5. The molecule has 1 atom stereocenters. The van der Waals surface area contributed by atoms with Gasteiger partial charge in [0.05, 0.1) is 19.2 Å².